The molecule has 0 atom stereocenters. The Bertz CT molecular complexity index is 331. The molecule has 2 N–H and O–H groups in total. The number of esters is 1. The minimum Gasteiger partial charge on any atom is -0.461 e. The van der Waals surface area contributed by atoms with Crippen LogP contribution in [0.2, 0.25) is 0 Å². The van der Waals surface area contributed by atoms with Crippen LogP contribution in [0.5, 0.6) is 0 Å². The van der Waals surface area contributed by atoms with Crippen molar-refractivity contribution in [2.24, 2.45) is 10.7 Å². The first kappa shape index (κ1) is 14.7. The maximum absolute atomic E-state index is 11.8. The largest absolute Gasteiger partial charge is 0.461 e. The number of nitrogens with two attached hydrogens (primary N) is 1. The molecule has 5 nitrogen and oxygen atoms in total. The molecule has 0 unspecified atom stereocenters. The van der Waals surface area contributed by atoms with E-state index in [-0.39, 0.29) is 6.04 Å². The Kier molecular flexibility index (Phi) is 6.43. The lowest BCUT2D eigenvalue weighted by Gasteiger charge is -2.19. The fourth-order valence-corrected chi connectivity index (χ4v) is 1.64. The van der Waals surface area contributed by atoms with Crippen LogP contribution in [0.25, 0.3) is 0 Å². The van der Waals surface area contributed by atoms with E-state index in [9.17, 15) is 4.79 Å². The molecule has 1 rings (SSSR count). The molecule has 0 aromatic heterocycles. The standard InChI is InChI=1S/C13H22N2O3/c1-3-10(14)9-12(13(16)18-4-2)15-11-5-7-17-8-6-11/h9,11H,3-8,14H2,1-2H3. The fraction of sp³-hybridized carbons (Fsp3) is 0.692. The highest BCUT2D eigenvalue weighted by molar-refractivity contribution is 6.41. The van der Waals surface area contributed by atoms with Gasteiger partial charge in [-0.25, -0.2) is 4.79 Å². The van der Waals surface area contributed by atoms with Crippen LogP contribution in [-0.4, -0.2) is 37.5 Å². The van der Waals surface area contributed by atoms with Crippen molar-refractivity contribution in [2.75, 3.05) is 19.8 Å². The molecular formula is C13H22N2O3. The smallest absolute Gasteiger partial charge is 0.356 e. The molecule has 1 aliphatic rings. The SMILES string of the molecule is CCOC(=O)C(C=C(N)CC)=NC1CCOCC1. The second-order valence-corrected chi connectivity index (χ2v) is 4.15. The zero-order valence-electron chi connectivity index (χ0n) is 11.1. The number of carbonyl (C=O) groups is 1. The molecular weight excluding hydrogens is 232 g/mol. The number of carbonyl (C=O) groups excluding carboxylic acids is 1. The zero-order chi connectivity index (χ0) is 13.4. The van der Waals surface area contributed by atoms with Gasteiger partial charge in [0.1, 0.15) is 5.71 Å². The van der Waals surface area contributed by atoms with E-state index in [4.69, 9.17) is 15.2 Å². The molecule has 1 aliphatic heterocycles. The van der Waals surface area contributed by atoms with Crippen LogP contribution in [0.1, 0.15) is 33.1 Å². The van der Waals surface area contributed by atoms with Crippen molar-refractivity contribution in [1.82, 2.24) is 0 Å². The van der Waals surface area contributed by atoms with Crippen LogP contribution in [0.15, 0.2) is 16.8 Å². The lowest BCUT2D eigenvalue weighted by molar-refractivity contribution is -0.134. The number of hydrogen-bond donors (Lipinski definition) is 1. The van der Waals surface area contributed by atoms with Gasteiger partial charge in [-0.1, -0.05) is 6.92 Å². The maximum Gasteiger partial charge on any atom is 0.356 e. The highest BCUT2D eigenvalue weighted by Crippen LogP contribution is 2.11. The molecule has 0 saturated carbocycles. The third kappa shape index (κ3) is 4.87. The average molecular weight is 254 g/mol. The summed E-state index contributed by atoms with van der Waals surface area (Å²) in [4.78, 5) is 16.2. The molecule has 1 heterocycles. The van der Waals surface area contributed by atoms with Gasteiger partial charge in [0.05, 0.1) is 12.6 Å². The molecule has 102 valence electrons. The fourth-order valence-electron chi connectivity index (χ4n) is 1.64. The number of nitrogens with zero attached hydrogens (tertiary/aromatic N) is 1. The van der Waals surface area contributed by atoms with Crippen molar-refractivity contribution in [3.8, 4) is 0 Å². The summed E-state index contributed by atoms with van der Waals surface area (Å²) in [6, 6.07) is 0.124. The second kappa shape index (κ2) is 7.87. The maximum atomic E-state index is 11.8. The number of ether oxygens (including phenoxy) is 2. The topological polar surface area (TPSA) is 73.9 Å². The first-order valence-corrected chi connectivity index (χ1v) is 6.46. The van der Waals surface area contributed by atoms with Crippen molar-refractivity contribution in [2.45, 2.75) is 39.2 Å². The predicted octanol–water partition coefficient (Wildman–Crippen LogP) is 1.42. The minimum absolute atomic E-state index is 0.124. The molecule has 0 radical (unpaired) electrons. The van der Waals surface area contributed by atoms with Gasteiger partial charge in [0.2, 0.25) is 0 Å². The number of allylic oxidation sites excluding steroid dienone is 1. The van der Waals surface area contributed by atoms with E-state index in [0.29, 0.717) is 37.7 Å². The Balaban J connectivity index is 2.81. The van der Waals surface area contributed by atoms with E-state index in [1.54, 1.807) is 13.0 Å². The predicted molar refractivity (Wildman–Crippen MR) is 70.5 cm³/mol. The first-order chi connectivity index (χ1) is 8.67. The molecule has 0 spiro atoms. The number of aliphatic imine (C=N–C) groups is 1. The summed E-state index contributed by atoms with van der Waals surface area (Å²) in [5.41, 5.74) is 6.72. The van der Waals surface area contributed by atoms with E-state index in [0.717, 1.165) is 12.8 Å². The van der Waals surface area contributed by atoms with Crippen molar-refractivity contribution < 1.29 is 14.3 Å². The van der Waals surface area contributed by atoms with Gasteiger partial charge in [0.25, 0.3) is 0 Å². The van der Waals surface area contributed by atoms with Gasteiger partial charge in [-0.3, -0.25) is 4.99 Å². The van der Waals surface area contributed by atoms with Crippen LogP contribution in [0.3, 0.4) is 0 Å². The van der Waals surface area contributed by atoms with Crippen molar-refractivity contribution in [1.29, 1.82) is 0 Å². The zero-order valence-corrected chi connectivity index (χ0v) is 11.1. The van der Waals surface area contributed by atoms with Crippen LogP contribution in [0.4, 0.5) is 0 Å². The van der Waals surface area contributed by atoms with Crippen LogP contribution in [0, 0.1) is 0 Å². The summed E-state index contributed by atoms with van der Waals surface area (Å²) in [5.74, 6) is -0.402. The van der Waals surface area contributed by atoms with Gasteiger partial charge in [0.15, 0.2) is 0 Å². The van der Waals surface area contributed by atoms with E-state index in [2.05, 4.69) is 4.99 Å². The van der Waals surface area contributed by atoms with E-state index in [1.807, 2.05) is 6.92 Å². The normalized spacial score (nSPS) is 18.8. The van der Waals surface area contributed by atoms with Gasteiger partial charge >= 0.3 is 5.97 Å². The summed E-state index contributed by atoms with van der Waals surface area (Å²) < 4.78 is 10.3. The number of hydrogen-bond acceptors (Lipinski definition) is 5. The second-order valence-electron chi connectivity index (χ2n) is 4.15. The molecule has 1 fully saturated rings. The molecule has 0 bridgehead atoms. The summed E-state index contributed by atoms with van der Waals surface area (Å²) >= 11 is 0. The van der Waals surface area contributed by atoms with Crippen molar-refractivity contribution >= 4 is 11.7 Å². The quantitative estimate of drug-likeness (QED) is 0.595. The van der Waals surface area contributed by atoms with Crippen LogP contribution in [-0.2, 0) is 14.3 Å². The Morgan fingerprint density at radius 1 is 1.44 bits per heavy atom. The lowest BCUT2D eigenvalue weighted by atomic mass is 10.1. The van der Waals surface area contributed by atoms with E-state index < -0.39 is 5.97 Å². The Morgan fingerprint density at radius 2 is 2.11 bits per heavy atom. The summed E-state index contributed by atoms with van der Waals surface area (Å²) in [5, 5.41) is 0. The van der Waals surface area contributed by atoms with Gasteiger partial charge in [-0.05, 0) is 32.3 Å². The summed E-state index contributed by atoms with van der Waals surface area (Å²) in [6.45, 7) is 5.43. The van der Waals surface area contributed by atoms with Gasteiger partial charge < -0.3 is 15.2 Å². The Hall–Kier alpha value is -1.36. The highest BCUT2D eigenvalue weighted by Gasteiger charge is 2.17. The molecule has 18 heavy (non-hydrogen) atoms. The van der Waals surface area contributed by atoms with Gasteiger partial charge in [0, 0.05) is 18.9 Å². The minimum atomic E-state index is -0.402. The monoisotopic (exact) mass is 254 g/mol. The lowest BCUT2D eigenvalue weighted by Crippen LogP contribution is -2.24. The van der Waals surface area contributed by atoms with E-state index in [1.165, 1.54) is 0 Å². The third-order valence-electron chi connectivity index (χ3n) is 2.73. The van der Waals surface area contributed by atoms with Crippen LogP contribution < -0.4 is 5.73 Å². The molecule has 0 aromatic carbocycles. The molecule has 0 aromatic rings. The summed E-state index contributed by atoms with van der Waals surface area (Å²) in [7, 11) is 0. The number of rotatable bonds is 5. The van der Waals surface area contributed by atoms with E-state index >= 15 is 0 Å². The van der Waals surface area contributed by atoms with Gasteiger partial charge in [-0.15, -0.1) is 0 Å². The average Bonchev–Trinajstić information content (AvgIpc) is 2.39. The highest BCUT2D eigenvalue weighted by atomic mass is 16.5. The molecule has 0 amide bonds. The summed E-state index contributed by atoms with van der Waals surface area (Å²) in [6.07, 6.45) is 3.98. The molecule has 0 aliphatic carbocycles. The Morgan fingerprint density at radius 3 is 2.67 bits per heavy atom. The first-order valence-electron chi connectivity index (χ1n) is 6.46. The molecule has 5 heteroatoms. The Labute approximate surface area is 108 Å². The van der Waals surface area contributed by atoms with Crippen molar-refractivity contribution in [3.63, 3.8) is 0 Å². The van der Waals surface area contributed by atoms with Gasteiger partial charge in [-0.2, -0.15) is 0 Å². The van der Waals surface area contributed by atoms with Crippen molar-refractivity contribution in [3.05, 3.63) is 11.8 Å². The van der Waals surface area contributed by atoms with Crippen LogP contribution >= 0.6 is 0 Å². The third-order valence-corrected chi connectivity index (χ3v) is 2.73. The molecule has 1 saturated heterocycles.